The maximum atomic E-state index is 12.2. The minimum absolute atomic E-state index is 0.0131. The van der Waals surface area contributed by atoms with Gasteiger partial charge >= 0.3 is 0 Å². The Bertz CT molecular complexity index is 467. The van der Waals surface area contributed by atoms with Crippen molar-refractivity contribution >= 4 is 37.8 Å². The van der Waals surface area contributed by atoms with E-state index in [1.165, 1.54) is 25.7 Å². The summed E-state index contributed by atoms with van der Waals surface area (Å²) < 4.78 is 1.80. The van der Waals surface area contributed by atoms with E-state index in [1.54, 1.807) is 0 Å². The molecular weight excluding hydrogens is 370 g/mol. The quantitative estimate of drug-likeness (QED) is 0.779. The summed E-state index contributed by atoms with van der Waals surface area (Å²) in [7, 11) is 0. The molecule has 0 bridgehead atoms. The molecule has 2 rings (SSSR count). The van der Waals surface area contributed by atoms with E-state index in [2.05, 4.69) is 44.1 Å². The zero-order valence-electron chi connectivity index (χ0n) is 11.1. The maximum absolute atomic E-state index is 12.2. The first kappa shape index (κ1) is 15.0. The summed E-state index contributed by atoms with van der Waals surface area (Å²) in [5.74, 6) is 0.0131. The first-order valence-electron chi connectivity index (χ1n) is 6.79. The molecule has 104 valence electrons. The highest BCUT2D eigenvalue weighted by Crippen LogP contribution is 2.40. The molecule has 19 heavy (non-hydrogen) atoms. The smallest absolute Gasteiger partial charge is 0.252 e. The molecule has 0 saturated heterocycles. The van der Waals surface area contributed by atoms with Crippen LogP contribution < -0.4 is 5.32 Å². The van der Waals surface area contributed by atoms with Crippen molar-refractivity contribution in [3.8, 4) is 0 Å². The van der Waals surface area contributed by atoms with E-state index in [1.807, 2.05) is 18.2 Å². The molecule has 1 aromatic carbocycles. The molecule has 1 N–H and O–H groups in total. The average Bonchev–Trinajstić information content (AvgIpc) is 2.85. The number of carbonyl (C=O) groups excluding carboxylic acids is 1. The molecule has 2 nitrogen and oxygen atoms in total. The van der Waals surface area contributed by atoms with Crippen molar-refractivity contribution in [3.05, 3.63) is 32.7 Å². The lowest BCUT2D eigenvalue weighted by molar-refractivity contribution is 0.0928. The molecule has 0 spiro atoms. The molecule has 1 aromatic rings. The van der Waals surface area contributed by atoms with E-state index in [4.69, 9.17) is 0 Å². The molecule has 1 aliphatic rings. The van der Waals surface area contributed by atoms with Crippen LogP contribution in [0.1, 0.15) is 49.4 Å². The lowest BCUT2D eigenvalue weighted by Crippen LogP contribution is -2.35. The molecule has 0 aliphatic heterocycles. The van der Waals surface area contributed by atoms with Crippen molar-refractivity contribution in [2.45, 2.75) is 39.0 Å². The second-order valence-corrected chi connectivity index (χ2v) is 7.14. The van der Waals surface area contributed by atoms with Gasteiger partial charge in [0.15, 0.2) is 0 Å². The summed E-state index contributed by atoms with van der Waals surface area (Å²) in [6, 6.07) is 5.64. The fourth-order valence-electron chi connectivity index (χ4n) is 2.82. The van der Waals surface area contributed by atoms with Crippen molar-refractivity contribution in [1.29, 1.82) is 0 Å². The normalized spacial score (nSPS) is 17.4. The van der Waals surface area contributed by atoms with Gasteiger partial charge in [-0.2, -0.15) is 0 Å². The van der Waals surface area contributed by atoms with E-state index in [0.29, 0.717) is 11.0 Å². The predicted molar refractivity (Wildman–Crippen MR) is 85.4 cm³/mol. The van der Waals surface area contributed by atoms with Gasteiger partial charge in [0.1, 0.15) is 0 Å². The van der Waals surface area contributed by atoms with Gasteiger partial charge in [0.2, 0.25) is 0 Å². The molecule has 0 unspecified atom stereocenters. The minimum atomic E-state index is 0.0131. The Labute approximate surface area is 131 Å². The van der Waals surface area contributed by atoms with Crippen LogP contribution in [-0.4, -0.2) is 12.5 Å². The summed E-state index contributed by atoms with van der Waals surface area (Å²) in [5, 5.41) is 3.11. The molecular formula is C15H19Br2NO. The molecule has 0 atom stereocenters. The van der Waals surface area contributed by atoms with Gasteiger partial charge in [0, 0.05) is 15.5 Å². The monoisotopic (exact) mass is 387 g/mol. The van der Waals surface area contributed by atoms with Crippen molar-refractivity contribution in [2.75, 3.05) is 6.54 Å². The lowest BCUT2D eigenvalue weighted by atomic mass is 9.83. The van der Waals surface area contributed by atoms with Crippen LogP contribution in [0.15, 0.2) is 27.1 Å². The third-order valence-electron chi connectivity index (χ3n) is 4.21. The van der Waals surface area contributed by atoms with Gasteiger partial charge < -0.3 is 5.32 Å². The van der Waals surface area contributed by atoms with Gasteiger partial charge in [-0.05, 0) is 58.8 Å². The van der Waals surface area contributed by atoms with E-state index >= 15 is 0 Å². The third kappa shape index (κ3) is 3.60. The molecule has 1 aliphatic carbocycles. The van der Waals surface area contributed by atoms with Crippen LogP contribution in [0.25, 0.3) is 0 Å². The van der Waals surface area contributed by atoms with Crippen LogP contribution in [0.4, 0.5) is 0 Å². The number of nitrogens with one attached hydrogen (secondary N) is 1. The van der Waals surface area contributed by atoms with Crippen LogP contribution in [-0.2, 0) is 0 Å². The highest BCUT2D eigenvalue weighted by Gasteiger charge is 2.32. The second-order valence-electron chi connectivity index (χ2n) is 5.37. The molecule has 0 heterocycles. The lowest BCUT2D eigenvalue weighted by Gasteiger charge is -2.27. The van der Waals surface area contributed by atoms with E-state index < -0.39 is 0 Å². The van der Waals surface area contributed by atoms with Gasteiger partial charge in [0.05, 0.1) is 5.56 Å². The van der Waals surface area contributed by atoms with Crippen LogP contribution in [0.3, 0.4) is 0 Å². The largest absolute Gasteiger partial charge is 0.351 e. The predicted octanol–water partition coefficient (Wildman–Crippen LogP) is 4.91. The van der Waals surface area contributed by atoms with Crippen molar-refractivity contribution in [2.24, 2.45) is 5.41 Å². The maximum Gasteiger partial charge on any atom is 0.252 e. The summed E-state index contributed by atoms with van der Waals surface area (Å²) in [4.78, 5) is 12.2. The van der Waals surface area contributed by atoms with E-state index in [9.17, 15) is 4.79 Å². The summed E-state index contributed by atoms with van der Waals surface area (Å²) >= 11 is 6.84. The van der Waals surface area contributed by atoms with E-state index in [-0.39, 0.29) is 5.91 Å². The number of benzene rings is 1. The fraction of sp³-hybridized carbons (Fsp3) is 0.533. The summed E-state index contributed by atoms with van der Waals surface area (Å²) in [6.45, 7) is 3.03. The van der Waals surface area contributed by atoms with Gasteiger partial charge in [-0.15, -0.1) is 0 Å². The zero-order valence-corrected chi connectivity index (χ0v) is 14.3. The summed E-state index contributed by atoms with van der Waals surface area (Å²) in [6.07, 6.45) is 6.22. The van der Waals surface area contributed by atoms with Crippen LogP contribution in [0.5, 0.6) is 0 Å². The fourth-order valence-corrected chi connectivity index (χ4v) is 4.04. The van der Waals surface area contributed by atoms with Crippen LogP contribution in [0, 0.1) is 5.41 Å². The minimum Gasteiger partial charge on any atom is -0.351 e. The van der Waals surface area contributed by atoms with Crippen molar-refractivity contribution in [1.82, 2.24) is 5.32 Å². The number of rotatable bonds is 4. The Balaban J connectivity index is 2.01. The Hall–Kier alpha value is -0.350. The Morgan fingerprint density at radius 2 is 2.00 bits per heavy atom. The Kier molecular flexibility index (Phi) is 5.07. The third-order valence-corrected chi connectivity index (χ3v) is 5.36. The van der Waals surface area contributed by atoms with Crippen LogP contribution >= 0.6 is 31.9 Å². The van der Waals surface area contributed by atoms with Crippen LogP contribution in [0.2, 0.25) is 0 Å². The van der Waals surface area contributed by atoms with Crippen molar-refractivity contribution in [3.63, 3.8) is 0 Å². The molecule has 4 heteroatoms. The zero-order chi connectivity index (χ0) is 13.9. The van der Waals surface area contributed by atoms with Gasteiger partial charge in [-0.25, -0.2) is 0 Å². The number of hydrogen-bond acceptors (Lipinski definition) is 1. The number of halogens is 2. The molecule has 1 fully saturated rings. The van der Waals surface area contributed by atoms with Gasteiger partial charge in [0.25, 0.3) is 5.91 Å². The second kappa shape index (κ2) is 6.40. The molecule has 1 saturated carbocycles. The Morgan fingerprint density at radius 1 is 1.32 bits per heavy atom. The van der Waals surface area contributed by atoms with Crippen molar-refractivity contribution < 1.29 is 4.79 Å². The highest BCUT2D eigenvalue weighted by molar-refractivity contribution is 9.11. The summed E-state index contributed by atoms with van der Waals surface area (Å²) in [5.41, 5.74) is 1.03. The number of amides is 1. The average molecular weight is 389 g/mol. The molecule has 0 radical (unpaired) electrons. The number of carbonyl (C=O) groups is 1. The SMILES string of the molecule is CCC1(CNC(=O)c2ccc(Br)cc2Br)CCCC1. The van der Waals surface area contributed by atoms with Gasteiger partial charge in [-0.3, -0.25) is 4.79 Å². The number of hydrogen-bond donors (Lipinski definition) is 1. The standard InChI is InChI=1S/C15H19Br2NO/c1-2-15(7-3-4-8-15)10-18-14(19)12-6-5-11(16)9-13(12)17/h5-6,9H,2-4,7-8,10H2,1H3,(H,18,19). The Morgan fingerprint density at radius 3 is 2.58 bits per heavy atom. The highest BCUT2D eigenvalue weighted by atomic mass is 79.9. The molecule has 1 amide bonds. The van der Waals surface area contributed by atoms with Gasteiger partial charge in [-0.1, -0.05) is 35.7 Å². The first-order chi connectivity index (χ1) is 9.06. The first-order valence-corrected chi connectivity index (χ1v) is 8.38. The van der Waals surface area contributed by atoms with E-state index in [0.717, 1.165) is 21.9 Å². The molecule has 0 aromatic heterocycles. The topological polar surface area (TPSA) is 29.1 Å².